The van der Waals surface area contributed by atoms with Crippen LogP contribution < -0.4 is 4.74 Å². The number of carbonyl (C=O) groups is 1. The summed E-state index contributed by atoms with van der Waals surface area (Å²) in [5.74, 6) is -0.332. The van der Waals surface area contributed by atoms with Gasteiger partial charge in [0.05, 0.1) is 9.82 Å². The molecule has 1 aliphatic rings. The van der Waals surface area contributed by atoms with E-state index in [1.807, 2.05) is 6.92 Å². The smallest absolute Gasteiger partial charge is 0.310 e. The Kier molecular flexibility index (Phi) is 6.14. The predicted octanol–water partition coefficient (Wildman–Crippen LogP) is 1.82. The SMILES string of the molecule is Cc1ccc(S(=O)(=O)N2CCN(C(=O)COc3ccccc3[N+](=O)[O-])CC2)cc1. The molecule has 1 aliphatic heterocycles. The highest BCUT2D eigenvalue weighted by Crippen LogP contribution is 2.26. The summed E-state index contributed by atoms with van der Waals surface area (Å²) in [6, 6.07) is 12.5. The van der Waals surface area contributed by atoms with Crippen LogP contribution in [0.1, 0.15) is 5.56 Å². The molecule has 29 heavy (non-hydrogen) atoms. The molecule has 3 rings (SSSR count). The second kappa shape index (κ2) is 8.58. The minimum Gasteiger partial charge on any atom is -0.477 e. The topological polar surface area (TPSA) is 110 Å². The third-order valence-electron chi connectivity index (χ3n) is 4.66. The number of nitro benzene ring substituents is 1. The first-order valence-electron chi connectivity index (χ1n) is 9.00. The molecule has 0 aromatic heterocycles. The van der Waals surface area contributed by atoms with E-state index >= 15 is 0 Å². The van der Waals surface area contributed by atoms with E-state index < -0.39 is 14.9 Å². The maximum absolute atomic E-state index is 12.7. The van der Waals surface area contributed by atoms with Crippen LogP contribution in [0.5, 0.6) is 5.75 Å². The molecule has 2 aromatic carbocycles. The average Bonchev–Trinajstić information content (AvgIpc) is 2.72. The molecule has 1 amide bonds. The van der Waals surface area contributed by atoms with Gasteiger partial charge in [0.1, 0.15) is 0 Å². The fourth-order valence-electron chi connectivity index (χ4n) is 3.00. The number of rotatable bonds is 6. The van der Waals surface area contributed by atoms with Crippen molar-refractivity contribution >= 4 is 21.6 Å². The summed E-state index contributed by atoms with van der Waals surface area (Å²) < 4.78 is 32.1. The van der Waals surface area contributed by atoms with Crippen molar-refractivity contribution in [1.29, 1.82) is 0 Å². The van der Waals surface area contributed by atoms with Crippen LogP contribution in [0.3, 0.4) is 0 Å². The maximum atomic E-state index is 12.7. The van der Waals surface area contributed by atoms with E-state index in [1.54, 1.807) is 30.3 Å². The van der Waals surface area contributed by atoms with Gasteiger partial charge in [-0.25, -0.2) is 8.42 Å². The van der Waals surface area contributed by atoms with Crippen molar-refractivity contribution in [3.8, 4) is 5.75 Å². The van der Waals surface area contributed by atoms with Gasteiger partial charge in [-0.15, -0.1) is 0 Å². The Bertz CT molecular complexity index is 999. The number of nitro groups is 1. The number of sulfonamides is 1. The van der Waals surface area contributed by atoms with Gasteiger partial charge in [0, 0.05) is 32.2 Å². The van der Waals surface area contributed by atoms with Gasteiger partial charge in [0.25, 0.3) is 5.91 Å². The number of ether oxygens (including phenoxy) is 1. The zero-order chi connectivity index (χ0) is 21.0. The summed E-state index contributed by atoms with van der Waals surface area (Å²) in [5.41, 5.74) is 0.757. The van der Waals surface area contributed by atoms with Crippen molar-refractivity contribution in [2.45, 2.75) is 11.8 Å². The summed E-state index contributed by atoms with van der Waals surface area (Å²) in [7, 11) is -3.61. The fourth-order valence-corrected chi connectivity index (χ4v) is 4.42. The molecule has 0 unspecified atom stereocenters. The highest BCUT2D eigenvalue weighted by Gasteiger charge is 2.30. The molecule has 0 bridgehead atoms. The molecule has 0 atom stereocenters. The normalized spacial score (nSPS) is 15.1. The minimum absolute atomic E-state index is 0.0198. The standard InChI is InChI=1S/C19H21N3O6S/c1-15-6-8-16(9-7-15)29(26,27)21-12-10-20(11-13-21)19(23)14-28-18-5-3-2-4-17(18)22(24)25/h2-9H,10-14H2,1H3. The molecule has 0 N–H and O–H groups in total. The van der Waals surface area contributed by atoms with Crippen molar-refractivity contribution in [2.24, 2.45) is 0 Å². The van der Waals surface area contributed by atoms with Gasteiger partial charge >= 0.3 is 5.69 Å². The monoisotopic (exact) mass is 419 g/mol. The number of amides is 1. The molecule has 0 spiro atoms. The minimum atomic E-state index is -3.61. The fraction of sp³-hybridized carbons (Fsp3) is 0.316. The third kappa shape index (κ3) is 4.72. The summed E-state index contributed by atoms with van der Waals surface area (Å²) in [4.78, 5) is 24.5. The second-order valence-corrected chi connectivity index (χ2v) is 8.55. The zero-order valence-electron chi connectivity index (χ0n) is 15.9. The molecule has 10 heteroatoms. The maximum Gasteiger partial charge on any atom is 0.310 e. The van der Waals surface area contributed by atoms with Crippen LogP contribution in [0.2, 0.25) is 0 Å². The van der Waals surface area contributed by atoms with Crippen LogP contribution in [0.25, 0.3) is 0 Å². The number of hydrogen-bond donors (Lipinski definition) is 0. The van der Waals surface area contributed by atoms with Crippen molar-refractivity contribution in [1.82, 2.24) is 9.21 Å². The first-order chi connectivity index (χ1) is 13.8. The van der Waals surface area contributed by atoms with Crippen molar-refractivity contribution in [2.75, 3.05) is 32.8 Å². The van der Waals surface area contributed by atoms with Gasteiger partial charge in [-0.3, -0.25) is 14.9 Å². The lowest BCUT2D eigenvalue weighted by molar-refractivity contribution is -0.385. The highest BCUT2D eigenvalue weighted by atomic mass is 32.2. The number of piperazine rings is 1. The van der Waals surface area contributed by atoms with E-state index in [1.165, 1.54) is 27.4 Å². The van der Waals surface area contributed by atoms with E-state index in [4.69, 9.17) is 4.74 Å². The van der Waals surface area contributed by atoms with Crippen molar-refractivity contribution in [3.63, 3.8) is 0 Å². The molecule has 9 nitrogen and oxygen atoms in total. The Morgan fingerprint density at radius 3 is 2.31 bits per heavy atom. The lowest BCUT2D eigenvalue weighted by atomic mass is 10.2. The van der Waals surface area contributed by atoms with Gasteiger partial charge in [-0.05, 0) is 25.1 Å². The van der Waals surface area contributed by atoms with Gasteiger partial charge in [0.2, 0.25) is 10.0 Å². The van der Waals surface area contributed by atoms with Crippen LogP contribution in [0.4, 0.5) is 5.69 Å². The predicted molar refractivity (Wildman–Crippen MR) is 105 cm³/mol. The molecular formula is C19H21N3O6S. The van der Waals surface area contributed by atoms with Gasteiger partial charge in [-0.1, -0.05) is 29.8 Å². The summed E-state index contributed by atoms with van der Waals surface area (Å²) >= 11 is 0. The molecule has 2 aromatic rings. The van der Waals surface area contributed by atoms with Crippen molar-refractivity contribution < 1.29 is 22.9 Å². The Labute approximate surface area is 168 Å². The van der Waals surface area contributed by atoms with Gasteiger partial charge < -0.3 is 9.64 Å². The van der Waals surface area contributed by atoms with E-state index in [9.17, 15) is 23.3 Å². The Morgan fingerprint density at radius 2 is 1.69 bits per heavy atom. The van der Waals surface area contributed by atoms with E-state index in [0.717, 1.165) is 5.56 Å². The molecule has 0 aliphatic carbocycles. The first-order valence-corrected chi connectivity index (χ1v) is 10.4. The van der Waals surface area contributed by atoms with Crippen LogP contribution in [-0.2, 0) is 14.8 Å². The quantitative estimate of drug-likeness (QED) is 0.522. The average molecular weight is 419 g/mol. The molecular weight excluding hydrogens is 398 g/mol. The number of carbonyl (C=O) groups excluding carboxylic acids is 1. The van der Waals surface area contributed by atoms with Crippen LogP contribution in [-0.4, -0.2) is 61.2 Å². The molecule has 1 saturated heterocycles. The summed E-state index contributed by atoms with van der Waals surface area (Å²) in [6.07, 6.45) is 0. The highest BCUT2D eigenvalue weighted by molar-refractivity contribution is 7.89. The van der Waals surface area contributed by atoms with Crippen LogP contribution in [0.15, 0.2) is 53.4 Å². The van der Waals surface area contributed by atoms with Gasteiger partial charge in [0.15, 0.2) is 12.4 Å². The number of nitrogens with zero attached hydrogens (tertiary/aromatic N) is 3. The first kappa shape index (κ1) is 20.7. The third-order valence-corrected chi connectivity index (χ3v) is 6.58. The molecule has 0 saturated carbocycles. The van der Waals surface area contributed by atoms with E-state index in [0.29, 0.717) is 0 Å². The second-order valence-electron chi connectivity index (χ2n) is 6.61. The summed E-state index contributed by atoms with van der Waals surface area (Å²) in [6.45, 7) is 2.33. The lowest BCUT2D eigenvalue weighted by Crippen LogP contribution is -2.51. The number of hydrogen-bond acceptors (Lipinski definition) is 6. The van der Waals surface area contributed by atoms with E-state index in [2.05, 4.69) is 0 Å². The lowest BCUT2D eigenvalue weighted by Gasteiger charge is -2.34. The molecule has 1 heterocycles. The number of aryl methyl sites for hydroxylation is 1. The molecule has 0 radical (unpaired) electrons. The Hall–Kier alpha value is -2.98. The summed E-state index contributed by atoms with van der Waals surface area (Å²) in [5, 5.41) is 11.0. The van der Waals surface area contributed by atoms with Gasteiger partial charge in [-0.2, -0.15) is 4.31 Å². The van der Waals surface area contributed by atoms with E-state index in [-0.39, 0.29) is 55.0 Å². The zero-order valence-corrected chi connectivity index (χ0v) is 16.7. The number of benzene rings is 2. The Balaban J connectivity index is 1.57. The molecule has 1 fully saturated rings. The number of para-hydroxylation sites is 2. The largest absolute Gasteiger partial charge is 0.477 e. The van der Waals surface area contributed by atoms with Crippen LogP contribution in [0, 0.1) is 17.0 Å². The molecule has 154 valence electrons. The Morgan fingerprint density at radius 1 is 1.07 bits per heavy atom. The van der Waals surface area contributed by atoms with Crippen LogP contribution >= 0.6 is 0 Å². The van der Waals surface area contributed by atoms with Crippen molar-refractivity contribution in [3.05, 3.63) is 64.2 Å².